The minimum atomic E-state index is -0.0182. The molecule has 3 heterocycles. The molecule has 0 amide bonds. The Bertz CT molecular complexity index is 918. The van der Waals surface area contributed by atoms with Crippen LogP contribution in [-0.2, 0) is 19.5 Å². The zero-order valence-corrected chi connectivity index (χ0v) is 13.0. The third-order valence-electron chi connectivity index (χ3n) is 4.62. The van der Waals surface area contributed by atoms with E-state index in [2.05, 4.69) is 46.2 Å². The third-order valence-corrected chi connectivity index (χ3v) is 4.62. The van der Waals surface area contributed by atoms with Gasteiger partial charge in [0.05, 0.1) is 5.39 Å². The molecule has 116 valence electrons. The van der Waals surface area contributed by atoms with Crippen LogP contribution in [0, 0.1) is 0 Å². The second kappa shape index (κ2) is 5.59. The van der Waals surface area contributed by atoms with Gasteiger partial charge in [-0.25, -0.2) is 9.97 Å². The quantitative estimate of drug-likeness (QED) is 0.725. The molecule has 5 heteroatoms. The van der Waals surface area contributed by atoms with Crippen LogP contribution in [-0.4, -0.2) is 32.5 Å². The fourth-order valence-electron chi connectivity index (χ4n) is 3.28. The van der Waals surface area contributed by atoms with Crippen molar-refractivity contribution in [2.45, 2.75) is 25.6 Å². The SMILES string of the molecule is CN1Cc2ccccc2CC1Cn1cnc2ncccc2c1=O. The van der Waals surface area contributed by atoms with Crippen LogP contribution in [0.15, 0.2) is 53.7 Å². The predicted octanol–water partition coefficient (Wildman–Crippen LogP) is 1.85. The van der Waals surface area contributed by atoms with Crippen LogP contribution in [0.3, 0.4) is 0 Å². The summed E-state index contributed by atoms with van der Waals surface area (Å²) in [7, 11) is 2.11. The van der Waals surface area contributed by atoms with E-state index in [1.807, 2.05) is 0 Å². The second-order valence-corrected chi connectivity index (χ2v) is 6.12. The Balaban J connectivity index is 1.66. The van der Waals surface area contributed by atoms with Gasteiger partial charge in [0, 0.05) is 25.3 Å². The van der Waals surface area contributed by atoms with Gasteiger partial charge in [0.1, 0.15) is 6.33 Å². The topological polar surface area (TPSA) is 51.0 Å². The average molecular weight is 306 g/mol. The maximum absolute atomic E-state index is 12.6. The molecule has 0 N–H and O–H groups in total. The largest absolute Gasteiger partial charge is 0.297 e. The Labute approximate surface area is 134 Å². The van der Waals surface area contributed by atoms with Crippen LogP contribution < -0.4 is 5.56 Å². The zero-order chi connectivity index (χ0) is 15.8. The highest BCUT2D eigenvalue weighted by Gasteiger charge is 2.23. The van der Waals surface area contributed by atoms with Crippen LogP contribution >= 0.6 is 0 Å². The Morgan fingerprint density at radius 1 is 1.13 bits per heavy atom. The number of likely N-dealkylation sites (N-methyl/N-ethyl adjacent to an activating group) is 1. The highest BCUT2D eigenvalue weighted by molar-refractivity contribution is 5.72. The predicted molar refractivity (Wildman–Crippen MR) is 89.2 cm³/mol. The fraction of sp³-hybridized carbons (Fsp3) is 0.278. The van der Waals surface area contributed by atoms with Gasteiger partial charge in [-0.05, 0) is 36.7 Å². The van der Waals surface area contributed by atoms with Gasteiger partial charge in [-0.1, -0.05) is 24.3 Å². The Morgan fingerprint density at radius 2 is 1.96 bits per heavy atom. The van der Waals surface area contributed by atoms with Gasteiger partial charge in [-0.3, -0.25) is 14.3 Å². The summed E-state index contributed by atoms with van der Waals surface area (Å²) in [6, 6.07) is 12.4. The van der Waals surface area contributed by atoms with Crippen molar-refractivity contribution in [3.05, 3.63) is 70.4 Å². The van der Waals surface area contributed by atoms with Crippen LogP contribution in [0.25, 0.3) is 11.0 Å². The molecular weight excluding hydrogens is 288 g/mol. The Hall–Kier alpha value is -2.53. The molecule has 2 aromatic heterocycles. The molecule has 1 aromatic carbocycles. The minimum Gasteiger partial charge on any atom is -0.297 e. The molecule has 0 aliphatic carbocycles. The number of hydrogen-bond acceptors (Lipinski definition) is 4. The first-order valence-electron chi connectivity index (χ1n) is 7.79. The van der Waals surface area contributed by atoms with E-state index in [9.17, 15) is 4.79 Å². The molecule has 0 saturated heterocycles. The van der Waals surface area contributed by atoms with E-state index in [0.717, 1.165) is 13.0 Å². The monoisotopic (exact) mass is 306 g/mol. The maximum atomic E-state index is 12.6. The zero-order valence-electron chi connectivity index (χ0n) is 13.0. The molecule has 1 unspecified atom stereocenters. The normalized spacial score (nSPS) is 18.0. The number of nitrogens with zero attached hydrogens (tertiary/aromatic N) is 4. The molecule has 3 aromatic rings. The molecule has 0 saturated carbocycles. The van der Waals surface area contributed by atoms with Gasteiger partial charge in [-0.15, -0.1) is 0 Å². The number of fused-ring (bicyclic) bond motifs is 2. The van der Waals surface area contributed by atoms with Crippen molar-refractivity contribution in [3.8, 4) is 0 Å². The molecule has 0 radical (unpaired) electrons. The van der Waals surface area contributed by atoms with Crippen molar-refractivity contribution in [2.75, 3.05) is 7.05 Å². The summed E-state index contributed by atoms with van der Waals surface area (Å²) in [5.74, 6) is 0. The van der Waals surface area contributed by atoms with Gasteiger partial charge in [0.15, 0.2) is 5.65 Å². The molecule has 4 rings (SSSR count). The van der Waals surface area contributed by atoms with E-state index in [4.69, 9.17) is 0 Å². The summed E-state index contributed by atoms with van der Waals surface area (Å²) in [6.07, 6.45) is 4.22. The summed E-state index contributed by atoms with van der Waals surface area (Å²) >= 11 is 0. The molecule has 1 aliphatic heterocycles. The van der Waals surface area contributed by atoms with Crippen molar-refractivity contribution in [3.63, 3.8) is 0 Å². The highest BCUT2D eigenvalue weighted by atomic mass is 16.1. The summed E-state index contributed by atoms with van der Waals surface area (Å²) in [5.41, 5.74) is 3.24. The number of hydrogen-bond donors (Lipinski definition) is 0. The van der Waals surface area contributed by atoms with E-state index >= 15 is 0 Å². The van der Waals surface area contributed by atoms with Crippen molar-refractivity contribution in [1.29, 1.82) is 0 Å². The van der Waals surface area contributed by atoms with Crippen LogP contribution in [0.4, 0.5) is 0 Å². The van der Waals surface area contributed by atoms with Crippen LogP contribution in [0.5, 0.6) is 0 Å². The lowest BCUT2D eigenvalue weighted by Crippen LogP contribution is -2.42. The van der Waals surface area contributed by atoms with Crippen molar-refractivity contribution < 1.29 is 0 Å². The van der Waals surface area contributed by atoms with E-state index < -0.39 is 0 Å². The van der Waals surface area contributed by atoms with Gasteiger partial charge in [0.2, 0.25) is 0 Å². The van der Waals surface area contributed by atoms with Gasteiger partial charge >= 0.3 is 0 Å². The molecular formula is C18H18N4O. The molecule has 1 atom stereocenters. The first-order valence-corrected chi connectivity index (χ1v) is 7.79. The Kier molecular flexibility index (Phi) is 3.42. The first-order chi connectivity index (χ1) is 11.2. The standard InChI is InChI=1S/C18H18N4O/c1-21-10-14-6-3-2-5-13(14)9-15(21)11-22-12-20-17-16(18(22)23)7-4-8-19-17/h2-8,12,15H,9-11H2,1H3. The second-order valence-electron chi connectivity index (χ2n) is 6.12. The van der Waals surface area contributed by atoms with Crippen molar-refractivity contribution in [2.24, 2.45) is 0 Å². The molecule has 0 fully saturated rings. The number of benzene rings is 1. The molecule has 0 bridgehead atoms. The van der Waals surface area contributed by atoms with Gasteiger partial charge in [-0.2, -0.15) is 0 Å². The van der Waals surface area contributed by atoms with Crippen LogP contribution in [0.2, 0.25) is 0 Å². The highest BCUT2D eigenvalue weighted by Crippen LogP contribution is 2.22. The Morgan fingerprint density at radius 3 is 2.83 bits per heavy atom. The minimum absolute atomic E-state index is 0.0182. The van der Waals surface area contributed by atoms with E-state index in [0.29, 0.717) is 23.6 Å². The summed E-state index contributed by atoms with van der Waals surface area (Å²) in [6.45, 7) is 1.56. The van der Waals surface area contributed by atoms with Crippen LogP contribution in [0.1, 0.15) is 11.1 Å². The number of aromatic nitrogens is 3. The molecule has 0 spiro atoms. The number of rotatable bonds is 2. The summed E-state index contributed by atoms with van der Waals surface area (Å²) in [5, 5.41) is 0.578. The molecule has 1 aliphatic rings. The van der Waals surface area contributed by atoms with Gasteiger partial charge in [0.25, 0.3) is 5.56 Å². The third kappa shape index (κ3) is 2.53. The van der Waals surface area contributed by atoms with E-state index in [1.165, 1.54) is 11.1 Å². The molecule has 23 heavy (non-hydrogen) atoms. The average Bonchev–Trinajstić information content (AvgIpc) is 2.58. The first kappa shape index (κ1) is 14.1. The van der Waals surface area contributed by atoms with Crippen molar-refractivity contribution >= 4 is 11.0 Å². The lowest BCUT2D eigenvalue weighted by Gasteiger charge is -2.34. The maximum Gasteiger partial charge on any atom is 0.262 e. The fourth-order valence-corrected chi connectivity index (χ4v) is 3.28. The van der Waals surface area contributed by atoms with Gasteiger partial charge < -0.3 is 0 Å². The summed E-state index contributed by atoms with van der Waals surface area (Å²) < 4.78 is 1.71. The lowest BCUT2D eigenvalue weighted by molar-refractivity contribution is 0.193. The smallest absolute Gasteiger partial charge is 0.262 e. The summed E-state index contributed by atoms with van der Waals surface area (Å²) in [4.78, 5) is 23.4. The number of pyridine rings is 1. The van der Waals surface area contributed by atoms with Crippen molar-refractivity contribution in [1.82, 2.24) is 19.4 Å². The molecule has 5 nitrogen and oxygen atoms in total. The van der Waals surface area contributed by atoms with E-state index in [-0.39, 0.29) is 5.56 Å². The van der Waals surface area contributed by atoms with E-state index in [1.54, 1.807) is 29.2 Å². The lowest BCUT2D eigenvalue weighted by atomic mass is 9.94.